The molecule has 1 aromatic heterocycles. The summed E-state index contributed by atoms with van der Waals surface area (Å²) in [5, 5.41) is 0. The zero-order chi connectivity index (χ0) is 15.2. The third kappa shape index (κ3) is 2.71. The number of rotatable bonds is 2. The number of hydrogen-bond acceptors (Lipinski definition) is 3. The van der Waals surface area contributed by atoms with Crippen LogP contribution < -0.4 is 0 Å². The van der Waals surface area contributed by atoms with Gasteiger partial charge in [-0.25, -0.2) is 17.8 Å². The quantitative estimate of drug-likeness (QED) is 0.752. The highest BCUT2D eigenvalue weighted by Crippen LogP contribution is 2.26. The van der Waals surface area contributed by atoms with E-state index in [1.165, 1.54) is 12.1 Å². The summed E-state index contributed by atoms with van der Waals surface area (Å²) >= 11 is 3.35. The fraction of sp³-hybridized carbons (Fsp3) is 0.0714. The van der Waals surface area contributed by atoms with E-state index in [0.717, 1.165) is 22.3 Å². The van der Waals surface area contributed by atoms with E-state index >= 15 is 0 Å². The van der Waals surface area contributed by atoms with Gasteiger partial charge in [-0.3, -0.25) is 0 Å². The Kier molecular flexibility index (Phi) is 3.33. The van der Waals surface area contributed by atoms with Gasteiger partial charge in [0.05, 0.1) is 21.5 Å². The van der Waals surface area contributed by atoms with E-state index in [0.29, 0.717) is 11.3 Å². The molecule has 7 heteroatoms. The molecule has 0 atom stereocenters. The van der Waals surface area contributed by atoms with Gasteiger partial charge in [-0.2, -0.15) is 0 Å². The smallest absolute Gasteiger partial charge is 0.175 e. The highest BCUT2D eigenvalue weighted by molar-refractivity contribution is 9.10. The highest BCUT2D eigenvalue weighted by atomic mass is 79.9. The van der Waals surface area contributed by atoms with Crippen LogP contribution in [0, 0.1) is 5.82 Å². The third-order valence-electron chi connectivity index (χ3n) is 3.07. The molecule has 0 saturated heterocycles. The van der Waals surface area contributed by atoms with Gasteiger partial charge in [0.25, 0.3) is 0 Å². The Bertz CT molecular complexity index is 951. The first kappa shape index (κ1) is 14.2. The van der Waals surface area contributed by atoms with Gasteiger partial charge in [-0.15, -0.1) is 0 Å². The number of sulfone groups is 1. The number of halogens is 2. The second-order valence-corrected chi connectivity index (χ2v) is 7.59. The summed E-state index contributed by atoms with van der Waals surface area (Å²) in [5.41, 5.74) is 1.71. The minimum absolute atomic E-state index is 0.0531. The summed E-state index contributed by atoms with van der Waals surface area (Å²) in [5.74, 6) is -0.267. The van der Waals surface area contributed by atoms with Gasteiger partial charge in [0.1, 0.15) is 11.6 Å². The van der Waals surface area contributed by atoms with Crippen molar-refractivity contribution >= 4 is 36.8 Å². The van der Waals surface area contributed by atoms with Gasteiger partial charge < -0.3 is 4.98 Å². The zero-order valence-corrected chi connectivity index (χ0v) is 13.3. The van der Waals surface area contributed by atoms with Crippen molar-refractivity contribution in [3.63, 3.8) is 0 Å². The first-order valence-electron chi connectivity index (χ1n) is 6.00. The van der Waals surface area contributed by atoms with E-state index in [-0.39, 0.29) is 10.5 Å². The molecule has 3 aromatic rings. The first-order valence-corrected chi connectivity index (χ1v) is 8.68. The SMILES string of the molecule is CS(=O)(=O)c1ccc(-c2nc3cc(Br)ccc3[nH]2)c(F)c1. The fourth-order valence-electron chi connectivity index (χ4n) is 2.03. The molecule has 0 bridgehead atoms. The maximum Gasteiger partial charge on any atom is 0.175 e. The molecule has 2 aromatic carbocycles. The van der Waals surface area contributed by atoms with E-state index in [4.69, 9.17) is 0 Å². The molecular formula is C14H10BrFN2O2S. The Balaban J connectivity index is 2.14. The average molecular weight is 369 g/mol. The van der Waals surface area contributed by atoms with Crippen LogP contribution in [0.25, 0.3) is 22.4 Å². The van der Waals surface area contributed by atoms with Crippen LogP contribution in [0.4, 0.5) is 4.39 Å². The number of aromatic nitrogens is 2. The maximum absolute atomic E-state index is 14.1. The minimum Gasteiger partial charge on any atom is -0.338 e. The molecule has 1 N–H and O–H groups in total. The molecule has 0 aliphatic heterocycles. The Hall–Kier alpha value is -1.73. The molecule has 3 rings (SSSR count). The van der Waals surface area contributed by atoms with E-state index in [9.17, 15) is 12.8 Å². The second kappa shape index (κ2) is 4.92. The van der Waals surface area contributed by atoms with Crippen LogP contribution >= 0.6 is 15.9 Å². The number of nitrogens with zero attached hydrogens (tertiary/aromatic N) is 1. The van der Waals surface area contributed by atoms with Crippen molar-refractivity contribution in [1.82, 2.24) is 9.97 Å². The molecule has 108 valence electrons. The lowest BCUT2D eigenvalue weighted by Crippen LogP contribution is -1.98. The van der Waals surface area contributed by atoms with Crippen molar-refractivity contribution < 1.29 is 12.8 Å². The standard InChI is InChI=1S/C14H10BrFN2O2S/c1-21(19,20)9-3-4-10(11(16)7-9)14-17-12-5-2-8(15)6-13(12)18-14/h2-7H,1H3,(H,17,18). The van der Waals surface area contributed by atoms with Crippen LogP contribution in [0.15, 0.2) is 45.8 Å². The normalized spacial score (nSPS) is 12.0. The monoisotopic (exact) mass is 368 g/mol. The van der Waals surface area contributed by atoms with Gasteiger partial charge in [-0.05, 0) is 36.4 Å². The zero-order valence-electron chi connectivity index (χ0n) is 10.9. The van der Waals surface area contributed by atoms with Gasteiger partial charge in [0, 0.05) is 10.7 Å². The summed E-state index contributed by atoms with van der Waals surface area (Å²) in [7, 11) is -3.43. The summed E-state index contributed by atoms with van der Waals surface area (Å²) in [6, 6.07) is 9.30. The van der Waals surface area contributed by atoms with E-state index in [1.54, 1.807) is 0 Å². The van der Waals surface area contributed by atoms with Crippen LogP contribution in [0.3, 0.4) is 0 Å². The number of benzene rings is 2. The van der Waals surface area contributed by atoms with Crippen molar-refractivity contribution in [2.24, 2.45) is 0 Å². The van der Waals surface area contributed by atoms with Crippen LogP contribution in [-0.4, -0.2) is 24.6 Å². The summed E-state index contributed by atoms with van der Waals surface area (Å²) in [6.45, 7) is 0. The predicted molar refractivity (Wildman–Crippen MR) is 82.3 cm³/mol. The summed E-state index contributed by atoms with van der Waals surface area (Å²) < 4.78 is 37.8. The molecule has 0 spiro atoms. The molecule has 1 heterocycles. The Morgan fingerprint density at radius 3 is 2.62 bits per heavy atom. The third-order valence-corrected chi connectivity index (χ3v) is 4.67. The van der Waals surface area contributed by atoms with E-state index in [2.05, 4.69) is 25.9 Å². The number of fused-ring (bicyclic) bond motifs is 1. The second-order valence-electron chi connectivity index (χ2n) is 4.66. The van der Waals surface area contributed by atoms with Crippen molar-refractivity contribution in [3.05, 3.63) is 46.7 Å². The van der Waals surface area contributed by atoms with Crippen molar-refractivity contribution in [2.75, 3.05) is 6.26 Å². The predicted octanol–water partition coefficient (Wildman–Crippen LogP) is 3.54. The van der Waals surface area contributed by atoms with Gasteiger partial charge in [-0.1, -0.05) is 15.9 Å². The first-order chi connectivity index (χ1) is 9.84. The molecule has 0 aliphatic rings. The molecule has 4 nitrogen and oxygen atoms in total. The lowest BCUT2D eigenvalue weighted by Gasteiger charge is -2.02. The highest BCUT2D eigenvalue weighted by Gasteiger charge is 2.14. The summed E-state index contributed by atoms with van der Waals surface area (Å²) in [6.07, 6.45) is 1.04. The molecule has 0 unspecified atom stereocenters. The molecule has 0 fully saturated rings. The average Bonchev–Trinajstić information content (AvgIpc) is 2.80. The maximum atomic E-state index is 14.1. The van der Waals surface area contributed by atoms with Gasteiger partial charge >= 0.3 is 0 Å². The van der Waals surface area contributed by atoms with Crippen molar-refractivity contribution in [2.45, 2.75) is 4.90 Å². The Morgan fingerprint density at radius 1 is 1.19 bits per heavy atom. The minimum atomic E-state index is -3.43. The molecule has 21 heavy (non-hydrogen) atoms. The fourth-order valence-corrected chi connectivity index (χ4v) is 3.01. The van der Waals surface area contributed by atoms with E-state index in [1.807, 2.05) is 18.2 Å². The van der Waals surface area contributed by atoms with Crippen LogP contribution in [0.2, 0.25) is 0 Å². The van der Waals surface area contributed by atoms with Crippen molar-refractivity contribution in [1.29, 1.82) is 0 Å². The Labute approximate surface area is 129 Å². The molecule has 0 radical (unpaired) electrons. The Morgan fingerprint density at radius 2 is 1.95 bits per heavy atom. The number of nitrogens with one attached hydrogen (secondary N) is 1. The van der Waals surface area contributed by atoms with Crippen LogP contribution in [0.5, 0.6) is 0 Å². The van der Waals surface area contributed by atoms with Gasteiger partial charge in [0.2, 0.25) is 0 Å². The summed E-state index contributed by atoms with van der Waals surface area (Å²) in [4.78, 5) is 7.29. The number of aromatic amines is 1. The lowest BCUT2D eigenvalue weighted by molar-refractivity contribution is 0.596. The number of hydrogen-bond donors (Lipinski definition) is 1. The molecular weight excluding hydrogens is 359 g/mol. The number of H-pyrrole nitrogens is 1. The van der Waals surface area contributed by atoms with Crippen LogP contribution in [-0.2, 0) is 9.84 Å². The largest absolute Gasteiger partial charge is 0.338 e. The molecule has 0 amide bonds. The van der Waals surface area contributed by atoms with Gasteiger partial charge in [0.15, 0.2) is 9.84 Å². The lowest BCUT2D eigenvalue weighted by atomic mass is 10.2. The van der Waals surface area contributed by atoms with E-state index < -0.39 is 15.7 Å². The van der Waals surface area contributed by atoms with Crippen molar-refractivity contribution in [3.8, 4) is 11.4 Å². The topological polar surface area (TPSA) is 62.8 Å². The van der Waals surface area contributed by atoms with Crippen LogP contribution in [0.1, 0.15) is 0 Å². The number of imidazole rings is 1. The molecule has 0 saturated carbocycles. The molecule has 0 aliphatic carbocycles.